The van der Waals surface area contributed by atoms with Gasteiger partial charge in [0.25, 0.3) is 0 Å². The van der Waals surface area contributed by atoms with Gasteiger partial charge in [-0.15, -0.1) is 0 Å². The van der Waals surface area contributed by atoms with Crippen LogP contribution in [0.25, 0.3) is 11.1 Å². The van der Waals surface area contributed by atoms with Crippen molar-refractivity contribution in [2.24, 2.45) is 0 Å². The van der Waals surface area contributed by atoms with Crippen molar-refractivity contribution in [2.45, 2.75) is 31.0 Å². The summed E-state index contributed by atoms with van der Waals surface area (Å²) < 4.78 is 44.4. The second kappa shape index (κ2) is 9.82. The van der Waals surface area contributed by atoms with E-state index in [4.69, 9.17) is 4.74 Å². The topological polar surface area (TPSA) is 66.8 Å². The molecule has 1 aliphatic rings. The summed E-state index contributed by atoms with van der Waals surface area (Å²) in [5.74, 6) is -1.43. The molecule has 1 aliphatic carbocycles. The number of halogens is 3. The van der Waals surface area contributed by atoms with E-state index < -0.39 is 29.8 Å². The number of alkyl halides is 3. The number of benzene rings is 3. The van der Waals surface area contributed by atoms with E-state index in [1.807, 2.05) is 48.5 Å². The molecule has 0 aliphatic heterocycles. The third-order valence-corrected chi connectivity index (χ3v) is 6.34. The lowest BCUT2D eigenvalue weighted by Gasteiger charge is -2.25. The number of carboxylic acids is 1. The Labute approximate surface area is 200 Å². The number of ether oxygens (including phenoxy) is 1. The van der Waals surface area contributed by atoms with Gasteiger partial charge < -0.3 is 9.84 Å². The van der Waals surface area contributed by atoms with Gasteiger partial charge in [0.15, 0.2) is 0 Å². The molecule has 1 N–H and O–H groups in total. The Morgan fingerprint density at radius 1 is 0.971 bits per heavy atom. The molecule has 182 valence electrons. The van der Waals surface area contributed by atoms with Crippen LogP contribution in [0.3, 0.4) is 0 Å². The molecule has 1 unspecified atom stereocenters. The van der Waals surface area contributed by atoms with Crippen LogP contribution in [0.15, 0.2) is 72.8 Å². The Bertz CT molecular complexity index is 1200. The summed E-state index contributed by atoms with van der Waals surface area (Å²) in [4.78, 5) is 25.6. The lowest BCUT2D eigenvalue weighted by atomic mass is 9.98. The summed E-state index contributed by atoms with van der Waals surface area (Å²) in [5.41, 5.74) is 3.75. The number of likely N-dealkylation sites (N-methyl/N-ethyl adjacent to an activating group) is 1. The van der Waals surface area contributed by atoms with Crippen LogP contribution < -0.4 is 0 Å². The Morgan fingerprint density at radius 2 is 1.57 bits per heavy atom. The minimum absolute atomic E-state index is 0.0389. The Hall–Kier alpha value is -3.81. The molecule has 4 rings (SSSR count). The van der Waals surface area contributed by atoms with Crippen LogP contribution in [-0.2, 0) is 22.1 Å². The molecule has 0 aromatic heterocycles. The van der Waals surface area contributed by atoms with Crippen LogP contribution in [0.4, 0.5) is 18.0 Å². The molecular formula is C27H24F3NO4. The highest BCUT2D eigenvalue weighted by molar-refractivity contribution is 5.81. The van der Waals surface area contributed by atoms with Gasteiger partial charge in [-0.3, -0.25) is 4.90 Å². The number of aliphatic carboxylic acids is 1. The van der Waals surface area contributed by atoms with Gasteiger partial charge in [-0.25, -0.2) is 9.59 Å². The number of hydrogen-bond acceptors (Lipinski definition) is 3. The van der Waals surface area contributed by atoms with Gasteiger partial charge in [-0.1, -0.05) is 66.7 Å². The van der Waals surface area contributed by atoms with E-state index in [2.05, 4.69) is 0 Å². The molecule has 0 bridgehead atoms. The van der Waals surface area contributed by atoms with Crippen molar-refractivity contribution in [3.8, 4) is 11.1 Å². The van der Waals surface area contributed by atoms with Gasteiger partial charge in [-0.2, -0.15) is 13.2 Å². The zero-order valence-electron chi connectivity index (χ0n) is 19.0. The van der Waals surface area contributed by atoms with E-state index in [0.29, 0.717) is 5.56 Å². The Balaban J connectivity index is 1.42. The molecule has 3 aromatic rings. The van der Waals surface area contributed by atoms with E-state index in [1.54, 1.807) is 0 Å². The third kappa shape index (κ3) is 5.16. The number of carbonyl (C=O) groups excluding carboxylic acids is 1. The van der Waals surface area contributed by atoms with Crippen LogP contribution in [0.5, 0.6) is 0 Å². The van der Waals surface area contributed by atoms with Gasteiger partial charge in [0.1, 0.15) is 12.6 Å². The zero-order chi connectivity index (χ0) is 25.2. The summed E-state index contributed by atoms with van der Waals surface area (Å²) in [6.45, 7) is 0.0389. The first-order valence-electron chi connectivity index (χ1n) is 11.1. The largest absolute Gasteiger partial charge is 0.480 e. The number of rotatable bonds is 7. The predicted octanol–water partition coefficient (Wildman–Crippen LogP) is 5.97. The van der Waals surface area contributed by atoms with Crippen molar-refractivity contribution in [1.29, 1.82) is 0 Å². The number of carbonyl (C=O) groups is 2. The maximum absolute atomic E-state index is 13.0. The van der Waals surface area contributed by atoms with Gasteiger partial charge in [0.2, 0.25) is 0 Å². The molecule has 0 saturated carbocycles. The number of hydrogen-bond donors (Lipinski definition) is 1. The van der Waals surface area contributed by atoms with Crippen molar-refractivity contribution in [2.75, 3.05) is 13.7 Å². The summed E-state index contributed by atoms with van der Waals surface area (Å²) in [5, 5.41) is 9.67. The second-order valence-corrected chi connectivity index (χ2v) is 8.51. The quantitative estimate of drug-likeness (QED) is 0.450. The average molecular weight is 483 g/mol. The van der Waals surface area contributed by atoms with Crippen molar-refractivity contribution in [1.82, 2.24) is 4.90 Å². The standard InChI is InChI=1S/C27H24F3NO4/c1-31(24(25(32)33)14-13-17-7-6-8-18(15-17)27(28,29)30)26(34)35-16-23-21-11-4-2-9-19(21)20-10-3-5-12-22(20)23/h2-12,15,23-24H,13-14,16H2,1H3,(H,32,33). The number of fused-ring (bicyclic) bond motifs is 3. The van der Waals surface area contributed by atoms with Gasteiger partial charge in [0, 0.05) is 13.0 Å². The smallest absolute Gasteiger partial charge is 0.416 e. The van der Waals surface area contributed by atoms with Gasteiger partial charge in [-0.05, 0) is 46.7 Å². The molecule has 1 amide bonds. The first-order chi connectivity index (χ1) is 16.7. The van der Waals surface area contributed by atoms with E-state index >= 15 is 0 Å². The lowest BCUT2D eigenvalue weighted by Crippen LogP contribution is -2.43. The van der Waals surface area contributed by atoms with Crippen LogP contribution in [0.2, 0.25) is 0 Å². The fourth-order valence-electron chi connectivity index (χ4n) is 4.51. The van der Waals surface area contributed by atoms with E-state index in [9.17, 15) is 27.9 Å². The van der Waals surface area contributed by atoms with Crippen molar-refractivity contribution in [3.63, 3.8) is 0 Å². The van der Waals surface area contributed by atoms with Crippen LogP contribution in [0.1, 0.15) is 34.6 Å². The lowest BCUT2D eigenvalue weighted by molar-refractivity contribution is -0.142. The molecule has 0 fully saturated rings. The minimum Gasteiger partial charge on any atom is -0.480 e. The molecule has 35 heavy (non-hydrogen) atoms. The fourth-order valence-corrected chi connectivity index (χ4v) is 4.51. The number of aryl methyl sites for hydroxylation is 1. The predicted molar refractivity (Wildman–Crippen MR) is 124 cm³/mol. The molecule has 5 nitrogen and oxygen atoms in total. The van der Waals surface area contributed by atoms with E-state index in [1.165, 1.54) is 19.2 Å². The Morgan fingerprint density at radius 3 is 2.14 bits per heavy atom. The molecule has 0 heterocycles. The normalized spacial score (nSPS) is 13.6. The molecule has 0 saturated heterocycles. The first-order valence-corrected chi connectivity index (χ1v) is 11.1. The van der Waals surface area contributed by atoms with Crippen molar-refractivity contribution < 1.29 is 32.6 Å². The molecular weight excluding hydrogens is 459 g/mol. The summed E-state index contributed by atoms with van der Waals surface area (Å²) in [7, 11) is 1.32. The maximum Gasteiger partial charge on any atom is 0.416 e. The number of amides is 1. The second-order valence-electron chi connectivity index (χ2n) is 8.51. The highest BCUT2D eigenvalue weighted by Gasteiger charge is 2.33. The van der Waals surface area contributed by atoms with E-state index in [-0.39, 0.29) is 25.4 Å². The monoisotopic (exact) mass is 483 g/mol. The Kier molecular flexibility index (Phi) is 6.82. The summed E-state index contributed by atoms with van der Waals surface area (Å²) in [6.07, 6.45) is -5.29. The molecule has 8 heteroatoms. The number of nitrogens with zero attached hydrogens (tertiary/aromatic N) is 1. The molecule has 0 radical (unpaired) electrons. The maximum atomic E-state index is 13.0. The van der Waals surface area contributed by atoms with Crippen molar-refractivity contribution in [3.05, 3.63) is 95.1 Å². The summed E-state index contributed by atoms with van der Waals surface area (Å²) in [6, 6.07) is 19.2. The number of carboxylic acid groups (broad SMARTS) is 1. The zero-order valence-corrected chi connectivity index (χ0v) is 19.0. The molecule has 3 aromatic carbocycles. The molecule has 1 atom stereocenters. The van der Waals surface area contributed by atoms with Gasteiger partial charge in [0.05, 0.1) is 5.56 Å². The van der Waals surface area contributed by atoms with E-state index in [0.717, 1.165) is 39.3 Å². The average Bonchev–Trinajstić information content (AvgIpc) is 3.15. The van der Waals surface area contributed by atoms with Crippen LogP contribution in [0, 0.1) is 0 Å². The van der Waals surface area contributed by atoms with Crippen molar-refractivity contribution >= 4 is 12.1 Å². The SMILES string of the molecule is CN(C(=O)OCC1c2ccccc2-c2ccccc21)C(CCc1cccc(C(F)(F)F)c1)C(=O)O. The fraction of sp³-hybridized carbons (Fsp3) is 0.259. The van der Waals surface area contributed by atoms with Crippen LogP contribution >= 0.6 is 0 Å². The van der Waals surface area contributed by atoms with Gasteiger partial charge >= 0.3 is 18.2 Å². The highest BCUT2D eigenvalue weighted by atomic mass is 19.4. The highest BCUT2D eigenvalue weighted by Crippen LogP contribution is 2.44. The van der Waals surface area contributed by atoms with Crippen LogP contribution in [-0.4, -0.2) is 41.8 Å². The minimum atomic E-state index is -4.49. The first kappa shape index (κ1) is 24.3. The molecule has 0 spiro atoms. The summed E-state index contributed by atoms with van der Waals surface area (Å²) >= 11 is 0. The third-order valence-electron chi connectivity index (χ3n) is 6.34.